The molecular formula is C29H46FN5O. The number of unbranched alkanes of at least 4 members (excludes halogenated alkanes) is 1. The maximum atomic E-state index is 14.2. The van der Waals surface area contributed by atoms with Crippen LogP contribution in [0.4, 0.5) is 10.2 Å². The molecule has 200 valence electrons. The number of nitrogens with zero attached hydrogens (tertiary/aromatic N) is 5. The number of hydrogen-bond acceptors (Lipinski definition) is 4. The minimum Gasteiger partial charge on any atom is -0.354 e. The highest BCUT2D eigenvalue weighted by Crippen LogP contribution is 2.31. The molecule has 0 spiro atoms. The molecule has 0 radical (unpaired) electrons. The van der Waals surface area contributed by atoms with Crippen LogP contribution >= 0.6 is 0 Å². The summed E-state index contributed by atoms with van der Waals surface area (Å²) in [6.45, 7) is 19.1. The van der Waals surface area contributed by atoms with E-state index in [1.165, 1.54) is 12.1 Å². The van der Waals surface area contributed by atoms with Crippen LogP contribution in [0, 0.1) is 18.7 Å². The van der Waals surface area contributed by atoms with Crippen molar-refractivity contribution in [1.29, 1.82) is 0 Å². The number of anilines is 1. The molecule has 6 nitrogen and oxygen atoms in total. The Morgan fingerprint density at radius 2 is 1.81 bits per heavy atom. The fourth-order valence-corrected chi connectivity index (χ4v) is 5.17. The first-order valence-corrected chi connectivity index (χ1v) is 13.8. The summed E-state index contributed by atoms with van der Waals surface area (Å²) in [5.74, 6) is 0.985. The molecule has 1 fully saturated rings. The van der Waals surface area contributed by atoms with Crippen molar-refractivity contribution in [2.75, 3.05) is 31.1 Å². The van der Waals surface area contributed by atoms with Crippen LogP contribution < -0.4 is 4.90 Å². The van der Waals surface area contributed by atoms with Crippen molar-refractivity contribution in [3.05, 3.63) is 41.3 Å². The fraction of sp³-hybridized carbons (Fsp3) is 0.655. The molecule has 1 aliphatic heterocycles. The van der Waals surface area contributed by atoms with Crippen LogP contribution in [0.25, 0.3) is 5.69 Å². The molecule has 3 rings (SSSR count). The van der Waals surface area contributed by atoms with E-state index in [4.69, 9.17) is 5.10 Å². The number of rotatable bonds is 11. The lowest BCUT2D eigenvalue weighted by Gasteiger charge is -2.39. The molecule has 2 aromatic rings. The Kier molecular flexibility index (Phi) is 9.94. The number of benzene rings is 1. The van der Waals surface area contributed by atoms with E-state index in [0.29, 0.717) is 18.3 Å². The third-order valence-corrected chi connectivity index (χ3v) is 7.54. The molecule has 1 aromatic carbocycles. The first kappa shape index (κ1) is 28.2. The summed E-state index contributed by atoms with van der Waals surface area (Å²) < 4.78 is 16.1. The molecule has 36 heavy (non-hydrogen) atoms. The van der Waals surface area contributed by atoms with Gasteiger partial charge in [0.2, 0.25) is 5.91 Å². The van der Waals surface area contributed by atoms with Gasteiger partial charge in [-0.1, -0.05) is 32.8 Å². The van der Waals surface area contributed by atoms with E-state index in [2.05, 4.69) is 51.3 Å². The molecule has 2 heterocycles. The van der Waals surface area contributed by atoms with Crippen molar-refractivity contribution >= 4 is 11.7 Å². The first-order valence-electron chi connectivity index (χ1n) is 13.8. The van der Waals surface area contributed by atoms with Gasteiger partial charge in [0.1, 0.15) is 11.6 Å². The summed E-state index contributed by atoms with van der Waals surface area (Å²) in [7, 11) is 0. The Balaban J connectivity index is 2.02. The Morgan fingerprint density at radius 1 is 1.11 bits per heavy atom. The monoisotopic (exact) mass is 499 g/mol. The van der Waals surface area contributed by atoms with Crippen molar-refractivity contribution in [2.24, 2.45) is 5.92 Å². The standard InChI is InChI=1S/C29H46FN5O/c1-8-10-12-24(9-2)29(36)34(22(5)6)20-27-23(7)31-35(26-14-11-13-25(30)19-26)28(27)33-17-15-32(16-18-33)21(3)4/h11,13-14,19,21-22,24H,8-10,12,15-18,20H2,1-7H3. The Hall–Kier alpha value is -2.41. The van der Waals surface area contributed by atoms with Gasteiger partial charge in [-0.25, -0.2) is 9.07 Å². The highest BCUT2D eigenvalue weighted by Gasteiger charge is 2.31. The molecular weight excluding hydrogens is 453 g/mol. The number of halogens is 1. The third-order valence-electron chi connectivity index (χ3n) is 7.54. The minimum atomic E-state index is -0.279. The molecule has 1 unspecified atom stereocenters. The molecule has 1 aromatic heterocycles. The molecule has 1 saturated heterocycles. The van der Waals surface area contributed by atoms with Crippen molar-refractivity contribution in [3.8, 4) is 5.69 Å². The second-order valence-corrected chi connectivity index (χ2v) is 10.7. The SMILES string of the molecule is CCCCC(CC)C(=O)N(Cc1c(C)nn(-c2cccc(F)c2)c1N1CCN(C(C)C)CC1)C(C)C. The molecule has 0 bridgehead atoms. The second kappa shape index (κ2) is 12.7. The maximum absolute atomic E-state index is 14.2. The van der Waals surface area contributed by atoms with Gasteiger partial charge >= 0.3 is 0 Å². The van der Waals surface area contributed by atoms with Crippen LogP contribution in [0.1, 0.15) is 78.5 Å². The van der Waals surface area contributed by atoms with Gasteiger partial charge in [0.15, 0.2) is 0 Å². The number of hydrogen-bond donors (Lipinski definition) is 0. The summed E-state index contributed by atoms with van der Waals surface area (Å²) in [5.41, 5.74) is 2.66. The second-order valence-electron chi connectivity index (χ2n) is 10.7. The molecule has 7 heteroatoms. The minimum absolute atomic E-state index is 0.0453. The predicted octanol–water partition coefficient (Wildman–Crippen LogP) is 5.80. The average Bonchev–Trinajstić information content (AvgIpc) is 3.18. The topological polar surface area (TPSA) is 44.6 Å². The highest BCUT2D eigenvalue weighted by atomic mass is 19.1. The van der Waals surface area contributed by atoms with Gasteiger partial charge < -0.3 is 9.80 Å². The molecule has 1 amide bonds. The zero-order chi connectivity index (χ0) is 26.4. The molecule has 0 saturated carbocycles. The van der Waals surface area contributed by atoms with Gasteiger partial charge in [-0.05, 0) is 65.7 Å². The lowest BCUT2D eigenvalue weighted by molar-refractivity contribution is -0.138. The summed E-state index contributed by atoms with van der Waals surface area (Å²) in [4.78, 5) is 20.6. The molecule has 1 atom stereocenters. The van der Waals surface area contributed by atoms with Crippen LogP contribution in [0.2, 0.25) is 0 Å². The first-order chi connectivity index (χ1) is 17.2. The van der Waals surface area contributed by atoms with Crippen molar-refractivity contribution in [1.82, 2.24) is 19.6 Å². The van der Waals surface area contributed by atoms with Crippen LogP contribution in [-0.2, 0) is 11.3 Å². The normalized spacial score (nSPS) is 15.7. The van der Waals surface area contributed by atoms with E-state index in [1.807, 2.05) is 22.6 Å². The van der Waals surface area contributed by atoms with Crippen LogP contribution in [0.5, 0.6) is 0 Å². The number of aryl methyl sites for hydroxylation is 1. The van der Waals surface area contributed by atoms with E-state index < -0.39 is 0 Å². The Bertz CT molecular complexity index is 994. The van der Waals surface area contributed by atoms with E-state index in [1.54, 1.807) is 6.07 Å². The lowest BCUT2D eigenvalue weighted by Crippen LogP contribution is -2.49. The number of piperazine rings is 1. The Labute approximate surface area is 217 Å². The van der Waals surface area contributed by atoms with E-state index in [9.17, 15) is 9.18 Å². The molecule has 0 aliphatic carbocycles. The number of amides is 1. The van der Waals surface area contributed by atoms with Crippen LogP contribution in [-0.4, -0.2) is 63.8 Å². The molecule has 0 N–H and O–H groups in total. The lowest BCUT2D eigenvalue weighted by atomic mass is 9.96. The summed E-state index contributed by atoms with van der Waals surface area (Å²) in [5, 5.41) is 4.89. The van der Waals surface area contributed by atoms with Crippen molar-refractivity contribution in [2.45, 2.75) is 92.8 Å². The van der Waals surface area contributed by atoms with Crippen LogP contribution in [0.15, 0.2) is 24.3 Å². The van der Waals surface area contributed by atoms with Crippen molar-refractivity contribution < 1.29 is 9.18 Å². The number of carbonyl (C=O) groups excluding carboxylic acids is 1. The predicted molar refractivity (Wildman–Crippen MR) is 146 cm³/mol. The third kappa shape index (κ3) is 6.47. The summed E-state index contributed by atoms with van der Waals surface area (Å²) in [6, 6.07) is 7.21. The van der Waals surface area contributed by atoms with E-state index in [-0.39, 0.29) is 23.7 Å². The van der Waals surface area contributed by atoms with Gasteiger partial charge in [-0.3, -0.25) is 9.69 Å². The van der Waals surface area contributed by atoms with Gasteiger partial charge in [0.25, 0.3) is 0 Å². The zero-order valence-corrected chi connectivity index (χ0v) is 23.4. The van der Waals surface area contributed by atoms with Crippen LogP contribution in [0.3, 0.4) is 0 Å². The smallest absolute Gasteiger partial charge is 0.226 e. The van der Waals surface area contributed by atoms with Crippen molar-refractivity contribution in [3.63, 3.8) is 0 Å². The van der Waals surface area contributed by atoms with Gasteiger partial charge in [0.05, 0.1) is 17.9 Å². The average molecular weight is 500 g/mol. The van der Waals surface area contributed by atoms with Gasteiger partial charge in [-0.15, -0.1) is 0 Å². The van der Waals surface area contributed by atoms with E-state index >= 15 is 0 Å². The number of aromatic nitrogens is 2. The number of carbonyl (C=O) groups is 1. The molecule has 1 aliphatic rings. The largest absolute Gasteiger partial charge is 0.354 e. The highest BCUT2D eigenvalue weighted by molar-refractivity contribution is 5.79. The summed E-state index contributed by atoms with van der Waals surface area (Å²) >= 11 is 0. The fourth-order valence-electron chi connectivity index (χ4n) is 5.17. The van der Waals surface area contributed by atoms with Gasteiger partial charge in [-0.2, -0.15) is 5.10 Å². The van der Waals surface area contributed by atoms with E-state index in [0.717, 1.165) is 68.9 Å². The summed E-state index contributed by atoms with van der Waals surface area (Å²) in [6.07, 6.45) is 3.95. The quantitative estimate of drug-likeness (QED) is 0.392. The maximum Gasteiger partial charge on any atom is 0.226 e. The van der Waals surface area contributed by atoms with Gasteiger partial charge in [0, 0.05) is 49.7 Å². The Morgan fingerprint density at radius 3 is 2.36 bits per heavy atom. The zero-order valence-electron chi connectivity index (χ0n) is 23.4.